The Balaban J connectivity index is 1.57. The first kappa shape index (κ1) is 30.6. The number of carbonyl (C=O) groups is 6. The third-order valence-electron chi connectivity index (χ3n) is 6.19. The number of carboxylic acids is 1. The quantitative estimate of drug-likeness (QED) is 0.241. The van der Waals surface area contributed by atoms with Crippen LogP contribution >= 0.6 is 23.2 Å². The number of Topliss-reactive ketones (excluding diaryl/α,β-unsaturated/α-hetero) is 1. The number of hydrogen-bond donors (Lipinski definition) is 4. The minimum atomic E-state index is -1.59. The van der Waals surface area contributed by atoms with Gasteiger partial charge in [-0.25, -0.2) is 4.79 Å². The van der Waals surface area contributed by atoms with Crippen LogP contribution in [-0.4, -0.2) is 59.2 Å². The SMILES string of the molecule is C[C@H](NC(=O)C(=O)Nc1cccc2c1CCCC2)C(=O)N[C@@H](CC(=O)O)C(=O)COC(=O)c1c(Cl)cccc1Cl. The molecule has 0 spiro atoms. The zero-order valence-corrected chi connectivity index (χ0v) is 22.9. The van der Waals surface area contributed by atoms with Crippen LogP contribution in [0.15, 0.2) is 36.4 Å². The van der Waals surface area contributed by atoms with Crippen LogP contribution in [0.25, 0.3) is 0 Å². The van der Waals surface area contributed by atoms with Crippen LogP contribution in [0.5, 0.6) is 0 Å². The maximum Gasteiger partial charge on any atom is 0.341 e. The highest BCUT2D eigenvalue weighted by Gasteiger charge is 2.29. The number of amides is 3. The molecule has 0 aromatic heterocycles. The van der Waals surface area contributed by atoms with E-state index >= 15 is 0 Å². The molecule has 0 aliphatic heterocycles. The number of halogens is 2. The van der Waals surface area contributed by atoms with Crippen molar-refractivity contribution in [2.45, 2.75) is 51.1 Å². The van der Waals surface area contributed by atoms with E-state index in [2.05, 4.69) is 16.0 Å². The zero-order chi connectivity index (χ0) is 29.4. The average Bonchev–Trinajstić information content (AvgIpc) is 2.91. The number of fused-ring (bicyclic) bond motifs is 1. The Morgan fingerprint density at radius 3 is 2.25 bits per heavy atom. The molecular formula is C27H27Cl2N3O8. The number of benzene rings is 2. The fourth-order valence-corrected chi connectivity index (χ4v) is 4.68. The van der Waals surface area contributed by atoms with E-state index in [9.17, 15) is 33.9 Å². The van der Waals surface area contributed by atoms with Crippen LogP contribution in [-0.2, 0) is 41.6 Å². The summed E-state index contributed by atoms with van der Waals surface area (Å²) < 4.78 is 4.92. The first-order chi connectivity index (χ1) is 19.0. The molecule has 0 heterocycles. The van der Waals surface area contributed by atoms with E-state index in [1.165, 1.54) is 25.1 Å². The highest BCUT2D eigenvalue weighted by Crippen LogP contribution is 2.28. The summed E-state index contributed by atoms with van der Waals surface area (Å²) >= 11 is 11.9. The molecule has 3 amide bonds. The lowest BCUT2D eigenvalue weighted by molar-refractivity contribution is -0.141. The Kier molecular flexibility index (Phi) is 10.6. The molecule has 0 bridgehead atoms. The normalized spacial score (nSPS) is 13.7. The van der Waals surface area contributed by atoms with E-state index in [-0.39, 0.29) is 15.6 Å². The van der Waals surface area contributed by atoms with Gasteiger partial charge in [-0.2, -0.15) is 0 Å². The smallest absolute Gasteiger partial charge is 0.341 e. The van der Waals surface area contributed by atoms with E-state index in [0.717, 1.165) is 36.8 Å². The molecule has 212 valence electrons. The fourth-order valence-electron chi connectivity index (χ4n) is 4.12. The number of esters is 1. The molecule has 0 saturated heterocycles. The summed E-state index contributed by atoms with van der Waals surface area (Å²) in [7, 11) is 0. The van der Waals surface area contributed by atoms with Gasteiger partial charge in [-0.05, 0) is 61.9 Å². The van der Waals surface area contributed by atoms with Crippen molar-refractivity contribution >= 4 is 64.3 Å². The van der Waals surface area contributed by atoms with E-state index in [1.54, 1.807) is 12.1 Å². The number of aryl methyl sites for hydroxylation is 1. The molecule has 1 aliphatic rings. The molecule has 11 nitrogen and oxygen atoms in total. The lowest BCUT2D eigenvalue weighted by Gasteiger charge is -2.21. The largest absolute Gasteiger partial charge is 0.481 e. The Bertz CT molecular complexity index is 1330. The number of nitrogens with one attached hydrogen (secondary N) is 3. The zero-order valence-electron chi connectivity index (χ0n) is 21.4. The Hall–Kier alpha value is -3.96. The van der Waals surface area contributed by atoms with Gasteiger partial charge in [0.15, 0.2) is 12.4 Å². The standard InChI is InChI=1S/C27H27Cl2N3O8/c1-14(30-25(37)26(38)31-19-11-4-7-15-6-2-3-8-16(15)19)24(36)32-20(12-22(34)35)21(33)13-40-27(39)23-17(28)9-5-10-18(23)29/h4-5,7,9-11,14,20H,2-3,6,8,12-13H2,1H3,(H,30,37)(H,31,38)(H,32,36)(H,34,35)/t14-,20-/m0/s1. The van der Waals surface area contributed by atoms with Crippen molar-refractivity contribution in [1.29, 1.82) is 0 Å². The van der Waals surface area contributed by atoms with Crippen LogP contribution in [0.2, 0.25) is 10.0 Å². The first-order valence-corrected chi connectivity index (χ1v) is 13.1. The average molecular weight is 592 g/mol. The van der Waals surface area contributed by atoms with Crippen LogP contribution in [0.4, 0.5) is 5.69 Å². The second-order valence-electron chi connectivity index (χ2n) is 9.10. The summed E-state index contributed by atoms with van der Waals surface area (Å²) in [6, 6.07) is 6.83. The summed E-state index contributed by atoms with van der Waals surface area (Å²) in [6.45, 7) is 0.371. The van der Waals surface area contributed by atoms with Crippen molar-refractivity contribution in [2.24, 2.45) is 0 Å². The molecule has 0 fully saturated rings. The van der Waals surface area contributed by atoms with Gasteiger partial charge < -0.3 is 25.8 Å². The predicted octanol–water partition coefficient (Wildman–Crippen LogP) is 2.70. The third-order valence-corrected chi connectivity index (χ3v) is 6.82. The Labute approximate surface area is 239 Å². The van der Waals surface area contributed by atoms with Gasteiger partial charge in [0.1, 0.15) is 12.1 Å². The molecule has 2 aromatic rings. The third kappa shape index (κ3) is 8.03. The summed E-state index contributed by atoms with van der Waals surface area (Å²) in [6.07, 6.45) is 2.83. The molecular weight excluding hydrogens is 565 g/mol. The molecule has 0 saturated carbocycles. The van der Waals surface area contributed by atoms with Gasteiger partial charge in [0, 0.05) is 5.69 Å². The molecule has 2 atom stereocenters. The second kappa shape index (κ2) is 13.9. The predicted molar refractivity (Wildman–Crippen MR) is 145 cm³/mol. The summed E-state index contributed by atoms with van der Waals surface area (Å²) in [5.41, 5.74) is 2.41. The molecule has 4 N–H and O–H groups in total. The van der Waals surface area contributed by atoms with Crippen molar-refractivity contribution in [2.75, 3.05) is 11.9 Å². The minimum Gasteiger partial charge on any atom is -0.481 e. The van der Waals surface area contributed by atoms with Crippen molar-refractivity contribution in [1.82, 2.24) is 10.6 Å². The Morgan fingerprint density at radius 2 is 1.57 bits per heavy atom. The molecule has 1 aliphatic carbocycles. The summed E-state index contributed by atoms with van der Waals surface area (Å²) in [4.78, 5) is 73.8. The number of ketones is 1. The summed E-state index contributed by atoms with van der Waals surface area (Å²) in [5, 5.41) is 16.2. The monoisotopic (exact) mass is 591 g/mol. The minimum absolute atomic E-state index is 0.0129. The van der Waals surface area contributed by atoms with E-state index < -0.39 is 60.6 Å². The number of aliphatic carboxylic acids is 1. The number of carboxylic acid groups (broad SMARTS) is 1. The molecule has 0 unspecified atom stereocenters. The van der Waals surface area contributed by atoms with Crippen LogP contribution < -0.4 is 16.0 Å². The van der Waals surface area contributed by atoms with Gasteiger partial charge in [0.25, 0.3) is 0 Å². The maximum atomic E-state index is 12.7. The molecule has 0 radical (unpaired) electrons. The van der Waals surface area contributed by atoms with Crippen molar-refractivity contribution < 1.29 is 38.6 Å². The second-order valence-corrected chi connectivity index (χ2v) is 9.91. The van der Waals surface area contributed by atoms with E-state index in [4.69, 9.17) is 27.9 Å². The van der Waals surface area contributed by atoms with Crippen molar-refractivity contribution in [3.63, 3.8) is 0 Å². The van der Waals surface area contributed by atoms with Crippen molar-refractivity contribution in [3.8, 4) is 0 Å². The van der Waals surface area contributed by atoms with Gasteiger partial charge in [-0.1, -0.05) is 41.4 Å². The summed E-state index contributed by atoms with van der Waals surface area (Å²) in [5.74, 6) is -6.38. The van der Waals surface area contributed by atoms with Gasteiger partial charge >= 0.3 is 23.8 Å². The fraction of sp³-hybridized carbons (Fsp3) is 0.333. The van der Waals surface area contributed by atoms with Crippen LogP contribution in [0.1, 0.15) is 47.7 Å². The number of rotatable bonds is 10. The molecule has 3 rings (SSSR count). The number of anilines is 1. The van der Waals surface area contributed by atoms with Gasteiger partial charge in [-0.15, -0.1) is 0 Å². The molecule has 2 aromatic carbocycles. The van der Waals surface area contributed by atoms with Gasteiger partial charge in [-0.3, -0.25) is 24.0 Å². The lowest BCUT2D eigenvalue weighted by Crippen LogP contribution is -2.53. The topological polar surface area (TPSA) is 168 Å². The maximum absolute atomic E-state index is 12.7. The van der Waals surface area contributed by atoms with Gasteiger partial charge in [0.05, 0.1) is 22.0 Å². The van der Waals surface area contributed by atoms with Gasteiger partial charge in [0.2, 0.25) is 5.91 Å². The number of hydrogen-bond acceptors (Lipinski definition) is 7. The number of carbonyl (C=O) groups excluding carboxylic acids is 5. The number of ether oxygens (including phenoxy) is 1. The Morgan fingerprint density at radius 1 is 0.925 bits per heavy atom. The lowest BCUT2D eigenvalue weighted by atomic mass is 9.90. The first-order valence-electron chi connectivity index (χ1n) is 12.4. The highest BCUT2D eigenvalue weighted by atomic mass is 35.5. The molecule has 40 heavy (non-hydrogen) atoms. The van der Waals surface area contributed by atoms with E-state index in [0.29, 0.717) is 5.69 Å². The van der Waals surface area contributed by atoms with Crippen LogP contribution in [0, 0.1) is 0 Å². The van der Waals surface area contributed by atoms with Crippen LogP contribution in [0.3, 0.4) is 0 Å². The molecule has 13 heteroatoms. The van der Waals surface area contributed by atoms with Crippen molar-refractivity contribution in [3.05, 3.63) is 63.1 Å². The highest BCUT2D eigenvalue weighted by molar-refractivity contribution is 6.40. The van der Waals surface area contributed by atoms with E-state index in [1.807, 2.05) is 6.07 Å².